The number of thiophene rings is 1. The number of nitrogens with one attached hydrogen (secondary N) is 1. The Hall–Kier alpha value is -1.41. The van der Waals surface area contributed by atoms with Gasteiger partial charge in [0.05, 0.1) is 11.0 Å². The Bertz CT molecular complexity index is 600. The Morgan fingerprint density at radius 1 is 1.42 bits per heavy atom. The van der Waals surface area contributed by atoms with Crippen LogP contribution >= 0.6 is 11.3 Å². The molecule has 1 heterocycles. The number of rotatable bonds is 5. The Balaban J connectivity index is 2.75. The Labute approximate surface area is 115 Å². The minimum Gasteiger partial charge on any atom is -0.481 e. The molecule has 0 fully saturated rings. The Morgan fingerprint density at radius 3 is 2.42 bits per heavy atom. The van der Waals surface area contributed by atoms with Crippen LogP contribution in [0.5, 0.6) is 0 Å². The van der Waals surface area contributed by atoms with Crippen LogP contribution in [0.15, 0.2) is 15.7 Å². The van der Waals surface area contributed by atoms with E-state index < -0.39 is 27.1 Å². The zero-order valence-corrected chi connectivity index (χ0v) is 12.4. The van der Waals surface area contributed by atoms with E-state index in [1.54, 1.807) is 0 Å². The number of carboxylic acids is 1. The molecule has 19 heavy (non-hydrogen) atoms. The van der Waals surface area contributed by atoms with Gasteiger partial charge in [-0.2, -0.15) is 0 Å². The van der Waals surface area contributed by atoms with Crippen molar-refractivity contribution in [2.75, 3.05) is 12.8 Å². The number of hydrogen-bond donors (Lipinski definition) is 2. The van der Waals surface area contributed by atoms with Gasteiger partial charge in [0.2, 0.25) is 0 Å². The fourth-order valence-electron chi connectivity index (χ4n) is 1.11. The molecule has 6 nitrogen and oxygen atoms in total. The summed E-state index contributed by atoms with van der Waals surface area (Å²) in [5.74, 6) is -1.50. The summed E-state index contributed by atoms with van der Waals surface area (Å²) in [5, 5.41) is 12.8. The molecule has 1 aromatic heterocycles. The molecule has 0 aliphatic heterocycles. The van der Waals surface area contributed by atoms with Crippen molar-refractivity contribution in [2.45, 2.75) is 18.1 Å². The Kier molecular flexibility index (Phi) is 4.36. The molecular weight excluding hydrogens is 290 g/mol. The molecule has 0 saturated heterocycles. The lowest BCUT2D eigenvalue weighted by molar-refractivity contribution is -0.146. The van der Waals surface area contributed by atoms with Crippen LogP contribution in [0.1, 0.15) is 24.2 Å². The highest BCUT2D eigenvalue weighted by molar-refractivity contribution is 7.92. The van der Waals surface area contributed by atoms with Crippen LogP contribution in [-0.4, -0.2) is 38.2 Å². The van der Waals surface area contributed by atoms with Crippen LogP contribution < -0.4 is 5.32 Å². The van der Waals surface area contributed by atoms with Gasteiger partial charge in [0.25, 0.3) is 5.91 Å². The number of sulfone groups is 1. The number of amides is 1. The van der Waals surface area contributed by atoms with E-state index in [2.05, 4.69) is 5.32 Å². The minimum atomic E-state index is -3.33. The van der Waals surface area contributed by atoms with Crippen molar-refractivity contribution in [3.8, 4) is 0 Å². The van der Waals surface area contributed by atoms with Crippen molar-refractivity contribution < 1.29 is 23.1 Å². The van der Waals surface area contributed by atoms with Crippen molar-refractivity contribution in [2.24, 2.45) is 5.41 Å². The topological polar surface area (TPSA) is 101 Å². The molecule has 1 amide bonds. The maximum atomic E-state index is 11.8. The highest BCUT2D eigenvalue weighted by Gasteiger charge is 2.28. The molecular formula is C11H15NO5S2. The summed E-state index contributed by atoms with van der Waals surface area (Å²) in [7, 11) is -3.33. The minimum absolute atomic E-state index is 0.0365. The average Bonchev–Trinajstić information content (AvgIpc) is 2.74. The molecule has 1 rings (SSSR count). The number of carbonyl (C=O) groups excluding carboxylic acids is 1. The van der Waals surface area contributed by atoms with Crippen LogP contribution in [0.3, 0.4) is 0 Å². The van der Waals surface area contributed by atoms with E-state index >= 15 is 0 Å². The number of carboxylic acid groups (broad SMARTS) is 1. The normalized spacial score (nSPS) is 12.2. The van der Waals surface area contributed by atoms with E-state index in [1.807, 2.05) is 0 Å². The monoisotopic (exact) mass is 305 g/mol. The van der Waals surface area contributed by atoms with Crippen LogP contribution in [0.4, 0.5) is 0 Å². The lowest BCUT2D eigenvalue weighted by Gasteiger charge is -2.19. The van der Waals surface area contributed by atoms with Crippen molar-refractivity contribution >= 4 is 33.1 Å². The fourth-order valence-corrected chi connectivity index (χ4v) is 2.91. The Morgan fingerprint density at radius 2 is 2.00 bits per heavy atom. The number of aliphatic carboxylic acids is 1. The molecule has 0 bridgehead atoms. The summed E-state index contributed by atoms with van der Waals surface area (Å²) < 4.78 is 22.7. The van der Waals surface area contributed by atoms with E-state index in [1.165, 1.54) is 25.3 Å². The SMILES string of the molecule is CC(C)(CNC(=O)c1csc(S(C)(=O)=O)c1)C(=O)O. The number of hydrogen-bond acceptors (Lipinski definition) is 5. The molecule has 0 aliphatic carbocycles. The summed E-state index contributed by atoms with van der Waals surface area (Å²) >= 11 is 0.959. The predicted molar refractivity (Wildman–Crippen MR) is 71.2 cm³/mol. The first-order valence-electron chi connectivity index (χ1n) is 5.34. The summed E-state index contributed by atoms with van der Waals surface area (Å²) in [4.78, 5) is 22.6. The first-order valence-corrected chi connectivity index (χ1v) is 8.11. The first-order chi connectivity index (χ1) is 8.54. The summed E-state index contributed by atoms with van der Waals surface area (Å²) in [6, 6.07) is 1.28. The second kappa shape index (κ2) is 5.30. The van der Waals surface area contributed by atoms with Crippen LogP contribution in [-0.2, 0) is 14.6 Å². The molecule has 2 N–H and O–H groups in total. The fraction of sp³-hybridized carbons (Fsp3) is 0.455. The average molecular weight is 305 g/mol. The van der Waals surface area contributed by atoms with Crippen LogP contribution in [0.25, 0.3) is 0 Å². The first kappa shape index (κ1) is 15.6. The zero-order chi connectivity index (χ0) is 14.8. The third-order valence-electron chi connectivity index (χ3n) is 2.47. The van der Waals surface area contributed by atoms with Gasteiger partial charge in [-0.25, -0.2) is 8.42 Å². The summed E-state index contributed by atoms with van der Waals surface area (Å²) in [6.07, 6.45) is 1.06. The molecule has 1 aromatic rings. The number of carbonyl (C=O) groups is 2. The lowest BCUT2D eigenvalue weighted by atomic mass is 9.94. The van der Waals surface area contributed by atoms with Gasteiger partial charge in [-0.05, 0) is 19.9 Å². The molecule has 106 valence electrons. The van der Waals surface area contributed by atoms with Gasteiger partial charge in [0.1, 0.15) is 4.21 Å². The quantitative estimate of drug-likeness (QED) is 0.845. The van der Waals surface area contributed by atoms with Gasteiger partial charge >= 0.3 is 5.97 Å². The molecule has 0 aliphatic rings. The van der Waals surface area contributed by atoms with E-state index in [-0.39, 0.29) is 16.3 Å². The second-order valence-corrected chi connectivity index (χ2v) is 7.95. The molecule has 8 heteroatoms. The highest BCUT2D eigenvalue weighted by Crippen LogP contribution is 2.20. The lowest BCUT2D eigenvalue weighted by Crippen LogP contribution is -2.38. The van der Waals surface area contributed by atoms with E-state index in [9.17, 15) is 18.0 Å². The van der Waals surface area contributed by atoms with Crippen LogP contribution in [0.2, 0.25) is 0 Å². The summed E-state index contributed by atoms with van der Waals surface area (Å²) in [5.41, 5.74) is -0.864. The largest absolute Gasteiger partial charge is 0.481 e. The predicted octanol–water partition coefficient (Wildman–Crippen LogP) is 0.992. The zero-order valence-electron chi connectivity index (χ0n) is 10.8. The van der Waals surface area contributed by atoms with Gasteiger partial charge in [-0.15, -0.1) is 11.3 Å². The summed E-state index contributed by atoms with van der Waals surface area (Å²) in [6.45, 7) is 2.95. The maximum Gasteiger partial charge on any atom is 0.310 e. The van der Waals surface area contributed by atoms with Gasteiger partial charge in [0.15, 0.2) is 9.84 Å². The van der Waals surface area contributed by atoms with Crippen molar-refractivity contribution in [3.05, 3.63) is 17.0 Å². The van der Waals surface area contributed by atoms with Crippen molar-refractivity contribution in [1.82, 2.24) is 5.32 Å². The van der Waals surface area contributed by atoms with Gasteiger partial charge in [0, 0.05) is 18.2 Å². The van der Waals surface area contributed by atoms with E-state index in [0.29, 0.717) is 0 Å². The van der Waals surface area contributed by atoms with Crippen molar-refractivity contribution in [1.29, 1.82) is 0 Å². The molecule has 0 saturated carbocycles. The third kappa shape index (κ3) is 4.03. The van der Waals surface area contributed by atoms with Gasteiger partial charge in [-0.1, -0.05) is 0 Å². The highest BCUT2D eigenvalue weighted by atomic mass is 32.2. The molecule has 0 atom stereocenters. The molecule has 0 unspecified atom stereocenters. The van der Waals surface area contributed by atoms with Crippen molar-refractivity contribution in [3.63, 3.8) is 0 Å². The molecule has 0 aromatic carbocycles. The van der Waals surface area contributed by atoms with Gasteiger partial charge < -0.3 is 10.4 Å². The molecule has 0 spiro atoms. The maximum absolute atomic E-state index is 11.8. The van der Waals surface area contributed by atoms with Crippen LogP contribution in [0, 0.1) is 5.41 Å². The van der Waals surface area contributed by atoms with Gasteiger partial charge in [-0.3, -0.25) is 9.59 Å². The third-order valence-corrected chi connectivity index (χ3v) is 5.24. The molecule has 0 radical (unpaired) electrons. The van der Waals surface area contributed by atoms with E-state index in [0.717, 1.165) is 17.6 Å². The second-order valence-electron chi connectivity index (χ2n) is 4.80. The van der Waals surface area contributed by atoms with E-state index in [4.69, 9.17) is 5.11 Å². The smallest absolute Gasteiger partial charge is 0.310 e. The standard InChI is InChI=1S/C11H15NO5S2/c1-11(2,10(14)15)6-12-9(13)7-4-8(18-5-7)19(3,16)17/h4-5H,6H2,1-3H3,(H,12,13)(H,14,15).